The predicted molar refractivity (Wildman–Crippen MR) is 111 cm³/mol. The van der Waals surface area contributed by atoms with Crippen molar-refractivity contribution in [3.8, 4) is 11.5 Å². The fraction of sp³-hybridized carbons (Fsp3) is 0.350. The van der Waals surface area contributed by atoms with Gasteiger partial charge in [-0.15, -0.1) is 11.8 Å². The van der Waals surface area contributed by atoms with Crippen LogP contribution in [-0.2, 0) is 10.5 Å². The van der Waals surface area contributed by atoms with Gasteiger partial charge in [-0.1, -0.05) is 29.8 Å². The molecule has 0 fully saturated rings. The highest BCUT2D eigenvalue weighted by atomic mass is 32.2. The zero-order valence-corrected chi connectivity index (χ0v) is 17.0. The SMILES string of the molecule is COc1ccc(SCC(=O)NCCSCc2ccc(C)cc2)cc1OC. The fourth-order valence-corrected chi connectivity index (χ4v) is 3.82. The molecule has 0 bridgehead atoms. The van der Waals surface area contributed by atoms with Crippen molar-refractivity contribution in [1.82, 2.24) is 5.32 Å². The molecule has 0 atom stereocenters. The van der Waals surface area contributed by atoms with Crippen LogP contribution in [0.4, 0.5) is 0 Å². The van der Waals surface area contributed by atoms with E-state index in [1.165, 1.54) is 22.9 Å². The normalized spacial score (nSPS) is 10.4. The Morgan fingerprint density at radius 1 is 1.04 bits per heavy atom. The Kier molecular flexibility index (Phi) is 8.71. The number of amides is 1. The highest BCUT2D eigenvalue weighted by molar-refractivity contribution is 8.00. The summed E-state index contributed by atoms with van der Waals surface area (Å²) < 4.78 is 10.5. The number of ether oxygens (including phenoxy) is 2. The van der Waals surface area contributed by atoms with Crippen molar-refractivity contribution in [1.29, 1.82) is 0 Å². The van der Waals surface area contributed by atoms with E-state index in [-0.39, 0.29) is 5.91 Å². The van der Waals surface area contributed by atoms with Gasteiger partial charge in [0.15, 0.2) is 11.5 Å². The molecule has 0 aliphatic rings. The predicted octanol–water partition coefficient (Wildman–Crippen LogP) is 4.15. The zero-order valence-electron chi connectivity index (χ0n) is 15.4. The highest BCUT2D eigenvalue weighted by Crippen LogP contribution is 2.31. The Labute approximate surface area is 164 Å². The van der Waals surface area contributed by atoms with E-state index in [0.29, 0.717) is 23.8 Å². The largest absolute Gasteiger partial charge is 0.493 e. The van der Waals surface area contributed by atoms with Crippen molar-refractivity contribution in [3.05, 3.63) is 53.6 Å². The maximum atomic E-state index is 12.0. The van der Waals surface area contributed by atoms with Gasteiger partial charge >= 0.3 is 0 Å². The van der Waals surface area contributed by atoms with Gasteiger partial charge < -0.3 is 14.8 Å². The second-order valence-corrected chi connectivity index (χ2v) is 7.85. The molecular formula is C20H25NO3S2. The van der Waals surface area contributed by atoms with Crippen LogP contribution < -0.4 is 14.8 Å². The molecule has 0 unspecified atom stereocenters. The van der Waals surface area contributed by atoms with E-state index in [4.69, 9.17) is 9.47 Å². The third kappa shape index (κ3) is 6.84. The Balaban J connectivity index is 1.63. The van der Waals surface area contributed by atoms with Gasteiger partial charge in [-0.3, -0.25) is 4.79 Å². The second kappa shape index (κ2) is 11.0. The van der Waals surface area contributed by atoms with Gasteiger partial charge in [-0.25, -0.2) is 0 Å². The van der Waals surface area contributed by atoms with E-state index in [9.17, 15) is 4.79 Å². The van der Waals surface area contributed by atoms with E-state index in [1.54, 1.807) is 14.2 Å². The molecule has 2 aromatic carbocycles. The van der Waals surface area contributed by atoms with E-state index in [1.807, 2.05) is 30.0 Å². The van der Waals surface area contributed by atoms with Gasteiger partial charge in [-0.2, -0.15) is 11.8 Å². The third-order valence-electron chi connectivity index (χ3n) is 3.68. The summed E-state index contributed by atoms with van der Waals surface area (Å²) in [6.07, 6.45) is 0. The first-order valence-electron chi connectivity index (χ1n) is 8.37. The molecule has 0 saturated heterocycles. The maximum absolute atomic E-state index is 12.0. The number of hydrogen-bond acceptors (Lipinski definition) is 5. The summed E-state index contributed by atoms with van der Waals surface area (Å²) >= 11 is 3.31. The summed E-state index contributed by atoms with van der Waals surface area (Å²) in [5.74, 6) is 3.66. The molecule has 1 N–H and O–H groups in total. The number of aryl methyl sites for hydroxylation is 1. The molecule has 0 radical (unpaired) electrons. The molecule has 0 heterocycles. The number of thioether (sulfide) groups is 2. The number of nitrogens with one attached hydrogen (secondary N) is 1. The number of methoxy groups -OCH3 is 2. The molecule has 0 spiro atoms. The lowest BCUT2D eigenvalue weighted by atomic mass is 10.2. The van der Waals surface area contributed by atoms with Gasteiger partial charge in [0.25, 0.3) is 0 Å². The molecular weight excluding hydrogens is 366 g/mol. The quantitative estimate of drug-likeness (QED) is 0.487. The summed E-state index contributed by atoms with van der Waals surface area (Å²) in [5.41, 5.74) is 2.59. The second-order valence-electron chi connectivity index (χ2n) is 5.69. The Morgan fingerprint density at radius 2 is 1.77 bits per heavy atom. The molecule has 6 heteroatoms. The molecule has 140 valence electrons. The first-order chi connectivity index (χ1) is 12.6. The third-order valence-corrected chi connectivity index (χ3v) is 5.71. The lowest BCUT2D eigenvalue weighted by molar-refractivity contribution is -0.118. The summed E-state index contributed by atoms with van der Waals surface area (Å²) in [4.78, 5) is 12.9. The zero-order chi connectivity index (χ0) is 18.8. The van der Waals surface area contributed by atoms with Crippen molar-refractivity contribution in [2.24, 2.45) is 0 Å². The van der Waals surface area contributed by atoms with Crippen molar-refractivity contribution in [3.63, 3.8) is 0 Å². The summed E-state index contributed by atoms with van der Waals surface area (Å²) in [7, 11) is 3.21. The summed E-state index contributed by atoms with van der Waals surface area (Å²) in [5, 5.41) is 2.96. The maximum Gasteiger partial charge on any atom is 0.230 e. The highest BCUT2D eigenvalue weighted by Gasteiger charge is 2.07. The first-order valence-corrected chi connectivity index (χ1v) is 10.5. The minimum Gasteiger partial charge on any atom is -0.493 e. The van der Waals surface area contributed by atoms with Crippen molar-refractivity contribution in [2.45, 2.75) is 17.6 Å². The molecule has 26 heavy (non-hydrogen) atoms. The molecule has 0 aliphatic carbocycles. The van der Waals surface area contributed by atoms with Gasteiger partial charge in [0.05, 0.1) is 20.0 Å². The first kappa shape index (κ1) is 20.5. The van der Waals surface area contributed by atoms with Crippen LogP contribution in [-0.4, -0.2) is 38.2 Å². The fourth-order valence-electron chi connectivity index (χ4n) is 2.24. The van der Waals surface area contributed by atoms with E-state index in [0.717, 1.165) is 16.4 Å². The van der Waals surface area contributed by atoms with Crippen LogP contribution in [0, 0.1) is 6.92 Å². The van der Waals surface area contributed by atoms with Crippen LogP contribution >= 0.6 is 23.5 Å². The molecule has 0 saturated carbocycles. The average molecular weight is 392 g/mol. The van der Waals surface area contributed by atoms with Crippen LogP contribution in [0.3, 0.4) is 0 Å². The monoisotopic (exact) mass is 391 g/mol. The van der Waals surface area contributed by atoms with Crippen LogP contribution in [0.1, 0.15) is 11.1 Å². The number of hydrogen-bond donors (Lipinski definition) is 1. The van der Waals surface area contributed by atoms with Gasteiger partial charge in [0.2, 0.25) is 5.91 Å². The summed E-state index contributed by atoms with van der Waals surface area (Å²) in [6, 6.07) is 14.2. The van der Waals surface area contributed by atoms with Crippen molar-refractivity contribution < 1.29 is 14.3 Å². The minimum atomic E-state index is 0.0423. The molecule has 1 amide bonds. The lowest BCUT2D eigenvalue weighted by Crippen LogP contribution is -2.27. The van der Waals surface area contributed by atoms with Crippen LogP contribution in [0.5, 0.6) is 11.5 Å². The number of benzene rings is 2. The summed E-state index contributed by atoms with van der Waals surface area (Å²) in [6.45, 7) is 2.77. The number of rotatable bonds is 10. The Hall–Kier alpha value is -1.79. The van der Waals surface area contributed by atoms with Crippen molar-refractivity contribution in [2.75, 3.05) is 32.3 Å². The number of carbonyl (C=O) groups is 1. The Bertz CT molecular complexity index is 705. The topological polar surface area (TPSA) is 47.6 Å². The molecule has 0 aromatic heterocycles. The van der Waals surface area contributed by atoms with E-state index >= 15 is 0 Å². The Morgan fingerprint density at radius 3 is 2.46 bits per heavy atom. The van der Waals surface area contributed by atoms with Gasteiger partial charge in [-0.05, 0) is 30.7 Å². The smallest absolute Gasteiger partial charge is 0.230 e. The molecule has 2 rings (SSSR count). The molecule has 0 aliphatic heterocycles. The lowest BCUT2D eigenvalue weighted by Gasteiger charge is -2.09. The molecule has 4 nitrogen and oxygen atoms in total. The minimum absolute atomic E-state index is 0.0423. The van der Waals surface area contributed by atoms with Gasteiger partial charge in [0.1, 0.15) is 0 Å². The number of carbonyl (C=O) groups excluding carboxylic acids is 1. The van der Waals surface area contributed by atoms with E-state index in [2.05, 4.69) is 36.5 Å². The van der Waals surface area contributed by atoms with Crippen LogP contribution in [0.15, 0.2) is 47.4 Å². The van der Waals surface area contributed by atoms with Crippen molar-refractivity contribution >= 4 is 29.4 Å². The van der Waals surface area contributed by atoms with Gasteiger partial charge in [0, 0.05) is 22.9 Å². The standard InChI is InChI=1S/C20H25NO3S2/c1-15-4-6-16(7-5-15)13-25-11-10-21-20(22)14-26-17-8-9-18(23-2)19(12-17)24-3/h4-9,12H,10-11,13-14H2,1-3H3,(H,21,22). The van der Waals surface area contributed by atoms with E-state index < -0.39 is 0 Å². The average Bonchev–Trinajstić information content (AvgIpc) is 2.67. The van der Waals surface area contributed by atoms with Crippen LogP contribution in [0.2, 0.25) is 0 Å². The van der Waals surface area contributed by atoms with Crippen LogP contribution in [0.25, 0.3) is 0 Å². The molecule has 2 aromatic rings.